The van der Waals surface area contributed by atoms with Crippen LogP contribution >= 0.6 is 23.1 Å². The molecule has 8 heteroatoms. The molecule has 1 aromatic carbocycles. The Bertz CT molecular complexity index is 1230. The monoisotopic (exact) mass is 497 g/mol. The third-order valence-electron chi connectivity index (χ3n) is 6.80. The second kappa shape index (κ2) is 10.2. The maximum absolute atomic E-state index is 13.7. The Labute approximate surface area is 208 Å². The number of hydrogen-bond acceptors (Lipinski definition) is 6. The second-order valence-electron chi connectivity index (χ2n) is 9.50. The number of carbonyl (C=O) groups is 1. The molecule has 0 spiro atoms. The van der Waals surface area contributed by atoms with Crippen LogP contribution in [-0.2, 0) is 35.5 Å². The average Bonchev–Trinajstić information content (AvgIpc) is 3.47. The number of thiophene rings is 1. The van der Waals surface area contributed by atoms with Gasteiger partial charge in [-0.25, -0.2) is 4.98 Å². The van der Waals surface area contributed by atoms with Crippen LogP contribution in [0, 0.1) is 5.92 Å². The molecule has 1 fully saturated rings. The lowest BCUT2D eigenvalue weighted by atomic mass is 9.89. The van der Waals surface area contributed by atoms with E-state index in [9.17, 15) is 9.59 Å². The van der Waals surface area contributed by atoms with E-state index in [1.165, 1.54) is 22.2 Å². The summed E-state index contributed by atoms with van der Waals surface area (Å²) < 4.78 is 7.62. The third-order valence-corrected chi connectivity index (χ3v) is 8.91. The molecule has 180 valence electrons. The van der Waals surface area contributed by atoms with Crippen LogP contribution in [0.4, 0.5) is 0 Å². The highest BCUT2D eigenvalue weighted by Crippen LogP contribution is 2.36. The predicted molar refractivity (Wildman–Crippen MR) is 138 cm³/mol. The minimum Gasteiger partial charge on any atom is -0.376 e. The summed E-state index contributed by atoms with van der Waals surface area (Å²) in [7, 11) is 1.82. The first kappa shape index (κ1) is 23.6. The number of aryl methyl sites for hydroxylation is 1. The zero-order chi connectivity index (χ0) is 23.7. The van der Waals surface area contributed by atoms with E-state index < -0.39 is 0 Å². The van der Waals surface area contributed by atoms with Gasteiger partial charge < -0.3 is 9.64 Å². The number of rotatable bonds is 7. The smallest absolute Gasteiger partial charge is 0.263 e. The number of amides is 1. The quantitative estimate of drug-likeness (QED) is 0.355. The van der Waals surface area contributed by atoms with Crippen LogP contribution in [0.3, 0.4) is 0 Å². The van der Waals surface area contributed by atoms with Crippen molar-refractivity contribution in [3.05, 3.63) is 56.7 Å². The number of benzene rings is 1. The lowest BCUT2D eigenvalue weighted by molar-refractivity contribution is -0.127. The molecule has 6 nitrogen and oxygen atoms in total. The van der Waals surface area contributed by atoms with Gasteiger partial charge in [0.05, 0.1) is 23.8 Å². The zero-order valence-electron chi connectivity index (χ0n) is 19.8. The first-order chi connectivity index (χ1) is 16.5. The van der Waals surface area contributed by atoms with E-state index >= 15 is 0 Å². The molecule has 34 heavy (non-hydrogen) atoms. The van der Waals surface area contributed by atoms with Crippen LogP contribution in [-0.4, -0.2) is 45.9 Å². The molecule has 0 bridgehead atoms. The van der Waals surface area contributed by atoms with E-state index in [1.54, 1.807) is 20.8 Å². The fraction of sp³-hybridized carbons (Fsp3) is 0.500. The van der Waals surface area contributed by atoms with Gasteiger partial charge in [0.2, 0.25) is 5.91 Å². The summed E-state index contributed by atoms with van der Waals surface area (Å²) in [5, 5.41) is 1.42. The number of thioether (sulfide) groups is 1. The van der Waals surface area contributed by atoms with Gasteiger partial charge in [-0.1, -0.05) is 49.0 Å². The maximum Gasteiger partial charge on any atom is 0.263 e. The molecular weight excluding hydrogens is 466 g/mol. The fourth-order valence-corrected chi connectivity index (χ4v) is 7.22. The van der Waals surface area contributed by atoms with Crippen molar-refractivity contribution in [2.24, 2.45) is 5.92 Å². The van der Waals surface area contributed by atoms with Crippen molar-refractivity contribution in [1.82, 2.24) is 14.5 Å². The molecule has 0 saturated carbocycles. The number of nitrogens with zero attached hydrogens (tertiary/aromatic N) is 3. The average molecular weight is 498 g/mol. The van der Waals surface area contributed by atoms with Crippen LogP contribution in [0.15, 0.2) is 40.3 Å². The standard InChI is InChI=1S/C26H31N3O3S2/c1-17-10-11-20-21(13-17)34-24-23(20)25(31)29(15-19-9-6-12-32-19)26(27-24)33-16-22(30)28(2)14-18-7-4-3-5-8-18/h3-5,7-8,17,19H,6,9-16H2,1-2H3. The number of hydrogen-bond donors (Lipinski definition) is 0. The van der Waals surface area contributed by atoms with Gasteiger partial charge in [-0.2, -0.15) is 0 Å². The van der Waals surface area contributed by atoms with Crippen molar-refractivity contribution in [2.45, 2.75) is 63.4 Å². The van der Waals surface area contributed by atoms with Gasteiger partial charge in [-0.3, -0.25) is 14.2 Å². The van der Waals surface area contributed by atoms with Crippen molar-refractivity contribution in [3.63, 3.8) is 0 Å². The van der Waals surface area contributed by atoms with E-state index in [-0.39, 0.29) is 23.3 Å². The van der Waals surface area contributed by atoms with Gasteiger partial charge in [-0.15, -0.1) is 11.3 Å². The van der Waals surface area contributed by atoms with Gasteiger partial charge in [0.15, 0.2) is 5.16 Å². The fourth-order valence-electron chi connectivity index (χ4n) is 4.85. The Morgan fingerprint density at radius 1 is 1.29 bits per heavy atom. The lowest BCUT2D eigenvalue weighted by Crippen LogP contribution is -2.31. The van der Waals surface area contributed by atoms with Crippen molar-refractivity contribution < 1.29 is 9.53 Å². The van der Waals surface area contributed by atoms with Crippen LogP contribution < -0.4 is 5.56 Å². The molecule has 2 aliphatic rings. The molecule has 3 aromatic rings. The largest absolute Gasteiger partial charge is 0.376 e. The summed E-state index contributed by atoms with van der Waals surface area (Å²) in [4.78, 5) is 35.4. The molecule has 1 amide bonds. The number of aromatic nitrogens is 2. The molecule has 1 aliphatic heterocycles. The van der Waals surface area contributed by atoms with E-state index in [0.29, 0.717) is 24.2 Å². The minimum absolute atomic E-state index is 0.0196. The molecule has 0 radical (unpaired) electrons. The van der Waals surface area contributed by atoms with E-state index in [2.05, 4.69) is 6.92 Å². The first-order valence-electron chi connectivity index (χ1n) is 12.1. The first-order valence-corrected chi connectivity index (χ1v) is 13.9. The molecule has 1 aliphatic carbocycles. The van der Waals surface area contributed by atoms with Crippen LogP contribution in [0.25, 0.3) is 10.2 Å². The molecular formula is C26H31N3O3S2. The Morgan fingerprint density at radius 2 is 2.12 bits per heavy atom. The molecule has 1 saturated heterocycles. The summed E-state index contributed by atoms with van der Waals surface area (Å²) in [5.41, 5.74) is 2.32. The SMILES string of the molecule is CC1CCc2c(sc3nc(SCC(=O)N(C)Cc4ccccc4)n(CC4CCCO4)c(=O)c23)C1. The van der Waals surface area contributed by atoms with Crippen LogP contribution in [0.5, 0.6) is 0 Å². The summed E-state index contributed by atoms with van der Waals surface area (Å²) in [5.74, 6) is 0.905. The van der Waals surface area contributed by atoms with Gasteiger partial charge in [0.1, 0.15) is 4.83 Å². The number of fused-ring (bicyclic) bond motifs is 3. The molecule has 2 aromatic heterocycles. The van der Waals surface area contributed by atoms with Crippen molar-refractivity contribution in [1.29, 1.82) is 0 Å². The van der Waals surface area contributed by atoms with E-state index in [0.717, 1.165) is 54.5 Å². The van der Waals surface area contributed by atoms with Crippen molar-refractivity contribution in [3.8, 4) is 0 Å². The van der Waals surface area contributed by atoms with Crippen molar-refractivity contribution >= 4 is 39.2 Å². The van der Waals surface area contributed by atoms with Crippen LogP contribution in [0.1, 0.15) is 42.2 Å². The number of ether oxygens (including phenoxy) is 1. The number of carbonyl (C=O) groups excluding carboxylic acids is 1. The maximum atomic E-state index is 13.7. The molecule has 2 unspecified atom stereocenters. The molecule has 3 heterocycles. The minimum atomic E-state index is 0.0196. The second-order valence-corrected chi connectivity index (χ2v) is 11.5. The zero-order valence-corrected chi connectivity index (χ0v) is 21.4. The highest BCUT2D eigenvalue weighted by atomic mass is 32.2. The van der Waals surface area contributed by atoms with Crippen LogP contribution in [0.2, 0.25) is 0 Å². The Balaban J connectivity index is 1.41. The summed E-state index contributed by atoms with van der Waals surface area (Å²) in [6.45, 7) is 4.08. The molecule has 0 N–H and O–H groups in total. The Hall–Kier alpha value is -2.16. The molecule has 5 rings (SSSR count). The summed E-state index contributed by atoms with van der Waals surface area (Å²) in [6, 6.07) is 9.97. The summed E-state index contributed by atoms with van der Waals surface area (Å²) >= 11 is 3.03. The lowest BCUT2D eigenvalue weighted by Gasteiger charge is -2.19. The highest BCUT2D eigenvalue weighted by Gasteiger charge is 2.27. The normalized spacial score (nSPS) is 19.9. The Morgan fingerprint density at radius 3 is 2.88 bits per heavy atom. The van der Waals surface area contributed by atoms with Gasteiger partial charge in [-0.05, 0) is 49.1 Å². The van der Waals surface area contributed by atoms with Gasteiger partial charge in [0, 0.05) is 25.1 Å². The highest BCUT2D eigenvalue weighted by molar-refractivity contribution is 7.99. The van der Waals surface area contributed by atoms with Gasteiger partial charge >= 0.3 is 0 Å². The Kier molecular flexibility index (Phi) is 7.09. The summed E-state index contributed by atoms with van der Waals surface area (Å²) in [6.07, 6.45) is 5.08. The third kappa shape index (κ3) is 4.95. The van der Waals surface area contributed by atoms with Crippen molar-refractivity contribution in [2.75, 3.05) is 19.4 Å². The molecule has 2 atom stereocenters. The topological polar surface area (TPSA) is 64.4 Å². The van der Waals surface area contributed by atoms with E-state index in [4.69, 9.17) is 9.72 Å². The van der Waals surface area contributed by atoms with E-state index in [1.807, 2.05) is 37.4 Å². The predicted octanol–water partition coefficient (Wildman–Crippen LogP) is 4.51. The van der Waals surface area contributed by atoms with Gasteiger partial charge in [0.25, 0.3) is 5.56 Å².